The van der Waals surface area contributed by atoms with Crippen molar-refractivity contribution in [3.63, 3.8) is 0 Å². The number of hydrogen-bond acceptors (Lipinski definition) is 1. The zero-order valence-corrected chi connectivity index (χ0v) is 14.9. The molecule has 2 bridgehead atoms. The van der Waals surface area contributed by atoms with Gasteiger partial charge in [0.2, 0.25) is 0 Å². The molecule has 2 aliphatic rings. The fourth-order valence-electron chi connectivity index (χ4n) is 4.69. The highest BCUT2D eigenvalue weighted by Crippen LogP contribution is 2.66. The summed E-state index contributed by atoms with van der Waals surface area (Å²) < 4.78 is 1.21. The van der Waals surface area contributed by atoms with E-state index in [2.05, 4.69) is 68.0 Å². The van der Waals surface area contributed by atoms with Gasteiger partial charge in [-0.05, 0) is 83.0 Å². The summed E-state index contributed by atoms with van der Waals surface area (Å²) >= 11 is 3.74. The third-order valence-electron chi connectivity index (χ3n) is 6.54. The number of aryl methyl sites for hydroxylation is 2. The first-order valence-corrected chi connectivity index (χ1v) is 8.58. The molecule has 0 aromatic heterocycles. The van der Waals surface area contributed by atoms with E-state index in [-0.39, 0.29) is 0 Å². The zero-order chi connectivity index (χ0) is 14.7. The van der Waals surface area contributed by atoms with Crippen LogP contribution >= 0.6 is 15.9 Å². The first kappa shape index (κ1) is 14.4. The van der Waals surface area contributed by atoms with Crippen molar-refractivity contribution < 1.29 is 0 Å². The van der Waals surface area contributed by atoms with Crippen LogP contribution in [0, 0.1) is 30.6 Å². The van der Waals surface area contributed by atoms with Crippen molar-refractivity contribution >= 4 is 21.6 Å². The molecule has 110 valence electrons. The molecule has 1 nitrogen and oxygen atoms in total. The lowest BCUT2D eigenvalue weighted by molar-refractivity contribution is 0.142. The minimum Gasteiger partial charge on any atom is -0.381 e. The largest absolute Gasteiger partial charge is 0.381 e. The van der Waals surface area contributed by atoms with Crippen molar-refractivity contribution in [1.82, 2.24) is 0 Å². The summed E-state index contributed by atoms with van der Waals surface area (Å²) in [7, 11) is 0. The van der Waals surface area contributed by atoms with Gasteiger partial charge in [0.15, 0.2) is 0 Å². The highest BCUT2D eigenvalue weighted by molar-refractivity contribution is 9.10. The van der Waals surface area contributed by atoms with Crippen molar-refractivity contribution in [2.45, 2.75) is 59.9 Å². The van der Waals surface area contributed by atoms with Crippen molar-refractivity contribution in [2.75, 3.05) is 5.32 Å². The summed E-state index contributed by atoms with van der Waals surface area (Å²) in [5.74, 6) is 0.884. The van der Waals surface area contributed by atoms with Crippen LogP contribution in [0.15, 0.2) is 16.6 Å². The maximum atomic E-state index is 3.89. The fourth-order valence-corrected chi connectivity index (χ4v) is 5.48. The maximum Gasteiger partial charge on any atom is 0.0516 e. The lowest BCUT2D eigenvalue weighted by Crippen LogP contribution is -2.40. The summed E-state index contributed by atoms with van der Waals surface area (Å²) in [4.78, 5) is 0. The van der Waals surface area contributed by atoms with Gasteiger partial charge in [0, 0.05) is 10.5 Å². The van der Waals surface area contributed by atoms with Crippen molar-refractivity contribution in [2.24, 2.45) is 16.7 Å². The minimum atomic E-state index is 0.425. The molecule has 3 atom stereocenters. The molecule has 2 heteroatoms. The molecule has 0 spiro atoms. The number of halogens is 1. The van der Waals surface area contributed by atoms with Gasteiger partial charge in [-0.3, -0.25) is 0 Å². The number of rotatable bonds is 2. The average Bonchev–Trinajstić information content (AvgIpc) is 2.66. The molecule has 2 saturated carbocycles. The molecule has 2 aliphatic carbocycles. The maximum absolute atomic E-state index is 3.89. The van der Waals surface area contributed by atoms with Crippen LogP contribution < -0.4 is 5.32 Å². The molecule has 20 heavy (non-hydrogen) atoms. The van der Waals surface area contributed by atoms with Crippen molar-refractivity contribution in [3.05, 3.63) is 27.7 Å². The topological polar surface area (TPSA) is 12.0 Å². The average molecular weight is 336 g/mol. The quantitative estimate of drug-likeness (QED) is 0.731. The van der Waals surface area contributed by atoms with Crippen LogP contribution in [0.5, 0.6) is 0 Å². The summed E-state index contributed by atoms with van der Waals surface area (Å²) in [5.41, 5.74) is 4.86. The van der Waals surface area contributed by atoms with Crippen LogP contribution in [-0.2, 0) is 0 Å². The fraction of sp³-hybridized carbons (Fsp3) is 0.667. The molecule has 3 rings (SSSR count). The summed E-state index contributed by atoms with van der Waals surface area (Å²) in [6.45, 7) is 11.8. The Morgan fingerprint density at radius 2 is 1.90 bits per heavy atom. The zero-order valence-electron chi connectivity index (χ0n) is 13.3. The SMILES string of the molecule is Cc1cc(C)c(NC2CC3CCC2(C)C3(C)C)c(Br)c1. The van der Waals surface area contributed by atoms with E-state index >= 15 is 0 Å². The van der Waals surface area contributed by atoms with Crippen LogP contribution in [0.1, 0.15) is 51.2 Å². The molecule has 3 unspecified atom stereocenters. The predicted molar refractivity (Wildman–Crippen MR) is 90.3 cm³/mol. The molecule has 0 heterocycles. The highest BCUT2D eigenvalue weighted by atomic mass is 79.9. The van der Waals surface area contributed by atoms with Gasteiger partial charge in [0.05, 0.1) is 5.69 Å². The molecular weight excluding hydrogens is 310 g/mol. The molecular formula is C18H26BrN. The third-order valence-corrected chi connectivity index (χ3v) is 7.17. The highest BCUT2D eigenvalue weighted by Gasteiger charge is 2.61. The molecule has 1 N–H and O–H groups in total. The van der Waals surface area contributed by atoms with Crippen molar-refractivity contribution in [1.29, 1.82) is 0 Å². The molecule has 0 amide bonds. The lowest BCUT2D eigenvalue weighted by Gasteiger charge is -2.40. The second kappa shape index (κ2) is 4.50. The van der Waals surface area contributed by atoms with E-state index in [1.165, 1.54) is 40.5 Å². The van der Waals surface area contributed by atoms with Crippen LogP contribution in [0.4, 0.5) is 5.69 Å². The van der Waals surface area contributed by atoms with Crippen LogP contribution in [-0.4, -0.2) is 6.04 Å². The molecule has 2 fully saturated rings. The lowest BCUT2D eigenvalue weighted by atomic mass is 9.69. The van der Waals surface area contributed by atoms with Gasteiger partial charge in [0.1, 0.15) is 0 Å². The van der Waals surface area contributed by atoms with Crippen LogP contribution in [0.3, 0.4) is 0 Å². The Balaban J connectivity index is 1.91. The second-order valence-electron chi connectivity index (χ2n) is 7.75. The van der Waals surface area contributed by atoms with E-state index in [9.17, 15) is 0 Å². The number of benzene rings is 1. The molecule has 1 aromatic rings. The van der Waals surface area contributed by atoms with Gasteiger partial charge in [-0.2, -0.15) is 0 Å². The van der Waals surface area contributed by atoms with E-state index in [0.717, 1.165) is 5.92 Å². The monoisotopic (exact) mass is 335 g/mol. The number of fused-ring (bicyclic) bond motifs is 2. The second-order valence-corrected chi connectivity index (χ2v) is 8.60. The Morgan fingerprint density at radius 1 is 1.20 bits per heavy atom. The van der Waals surface area contributed by atoms with Gasteiger partial charge < -0.3 is 5.32 Å². The molecule has 0 radical (unpaired) electrons. The Kier molecular flexibility index (Phi) is 3.25. The summed E-state index contributed by atoms with van der Waals surface area (Å²) in [6.07, 6.45) is 4.10. The number of hydrogen-bond donors (Lipinski definition) is 1. The van der Waals surface area contributed by atoms with E-state index < -0.39 is 0 Å². The van der Waals surface area contributed by atoms with E-state index in [0.29, 0.717) is 16.9 Å². The van der Waals surface area contributed by atoms with Gasteiger partial charge in [-0.15, -0.1) is 0 Å². The van der Waals surface area contributed by atoms with E-state index in [4.69, 9.17) is 0 Å². The van der Waals surface area contributed by atoms with Gasteiger partial charge in [-0.1, -0.05) is 26.8 Å². The van der Waals surface area contributed by atoms with E-state index in [1.54, 1.807) is 0 Å². The predicted octanol–water partition coefficient (Wildman–Crippen LogP) is 5.69. The third kappa shape index (κ3) is 1.87. The molecule has 1 aromatic carbocycles. The Morgan fingerprint density at radius 3 is 2.40 bits per heavy atom. The molecule has 0 aliphatic heterocycles. The number of anilines is 1. The summed E-state index contributed by atoms with van der Waals surface area (Å²) in [6, 6.07) is 5.10. The summed E-state index contributed by atoms with van der Waals surface area (Å²) in [5, 5.41) is 3.89. The molecule has 0 saturated heterocycles. The first-order valence-electron chi connectivity index (χ1n) is 7.79. The smallest absolute Gasteiger partial charge is 0.0516 e. The van der Waals surface area contributed by atoms with Gasteiger partial charge in [-0.25, -0.2) is 0 Å². The Hall–Kier alpha value is -0.500. The normalized spacial score (nSPS) is 34.5. The van der Waals surface area contributed by atoms with Gasteiger partial charge in [0.25, 0.3) is 0 Å². The van der Waals surface area contributed by atoms with E-state index in [1.807, 2.05) is 0 Å². The first-order chi connectivity index (χ1) is 9.25. The number of nitrogens with one attached hydrogen (secondary N) is 1. The minimum absolute atomic E-state index is 0.425. The Labute approximate surface area is 131 Å². The standard InChI is InChI=1S/C18H26BrN/c1-11-8-12(2)16(14(19)9-11)20-15-10-13-6-7-18(15,5)17(13,3)4/h8-9,13,15,20H,6-7,10H2,1-5H3. The van der Waals surface area contributed by atoms with Crippen LogP contribution in [0.2, 0.25) is 0 Å². The van der Waals surface area contributed by atoms with Crippen LogP contribution in [0.25, 0.3) is 0 Å². The van der Waals surface area contributed by atoms with Crippen molar-refractivity contribution in [3.8, 4) is 0 Å². The Bertz CT molecular complexity index is 525. The van der Waals surface area contributed by atoms with Gasteiger partial charge >= 0.3 is 0 Å².